The third kappa shape index (κ3) is 5.02. The number of hydrogen-bond acceptors (Lipinski definition) is 4. The second kappa shape index (κ2) is 10.2. The Kier molecular flexibility index (Phi) is 6.95. The summed E-state index contributed by atoms with van der Waals surface area (Å²) in [6.07, 6.45) is 1.84. The van der Waals surface area contributed by atoms with Crippen LogP contribution in [0.2, 0.25) is 0 Å². The lowest BCUT2D eigenvalue weighted by Crippen LogP contribution is -2.27. The minimum Gasteiger partial charge on any atom is -0.464 e. The van der Waals surface area contributed by atoms with Crippen LogP contribution in [0.4, 0.5) is 0 Å². The summed E-state index contributed by atoms with van der Waals surface area (Å²) in [5.74, 6) is -0.737. The molecule has 4 aromatic rings. The number of aromatic nitrogens is 1. The summed E-state index contributed by atoms with van der Waals surface area (Å²) in [5.41, 5.74) is 3.00. The van der Waals surface area contributed by atoms with Crippen LogP contribution in [0.1, 0.15) is 31.0 Å². The highest BCUT2D eigenvalue weighted by atomic mass is 32.1. The smallest absolute Gasteiger partial charge is 0.328 e. The first-order valence-corrected chi connectivity index (χ1v) is 11.6. The van der Waals surface area contributed by atoms with E-state index in [4.69, 9.17) is 4.74 Å². The van der Waals surface area contributed by atoms with Crippen LogP contribution in [0.25, 0.3) is 21.9 Å². The first-order valence-electron chi connectivity index (χ1n) is 10.8. The number of hydrogen-bond donors (Lipinski definition) is 0. The molecule has 33 heavy (non-hydrogen) atoms. The highest BCUT2D eigenvalue weighted by Gasteiger charge is 2.21. The number of nitrogens with zero attached hydrogens (tertiary/aromatic N) is 2. The number of amides is 1. The van der Waals surface area contributed by atoms with Gasteiger partial charge in [0, 0.05) is 5.57 Å². The molecule has 166 valence electrons. The molecule has 1 heterocycles. The Morgan fingerprint density at radius 3 is 2.30 bits per heavy atom. The van der Waals surface area contributed by atoms with Crippen LogP contribution in [0, 0.1) is 0 Å². The summed E-state index contributed by atoms with van der Waals surface area (Å²) < 4.78 is 7.96. The van der Waals surface area contributed by atoms with Crippen LogP contribution in [0.3, 0.4) is 0 Å². The zero-order chi connectivity index (χ0) is 23.2. The zero-order valence-electron chi connectivity index (χ0n) is 18.5. The molecule has 0 spiro atoms. The molecule has 0 N–H and O–H groups in total. The summed E-state index contributed by atoms with van der Waals surface area (Å²) in [6.45, 7) is 3.82. The van der Waals surface area contributed by atoms with Gasteiger partial charge in [-0.15, -0.1) is 0 Å². The van der Waals surface area contributed by atoms with Gasteiger partial charge in [0.25, 0.3) is 5.91 Å². The van der Waals surface area contributed by atoms with Crippen molar-refractivity contribution in [1.82, 2.24) is 4.57 Å². The van der Waals surface area contributed by atoms with E-state index in [1.807, 2.05) is 91.0 Å². The maximum absolute atomic E-state index is 13.5. The van der Waals surface area contributed by atoms with E-state index >= 15 is 0 Å². The number of para-hydroxylation sites is 1. The van der Waals surface area contributed by atoms with E-state index in [2.05, 4.69) is 4.99 Å². The zero-order valence-corrected chi connectivity index (χ0v) is 19.3. The van der Waals surface area contributed by atoms with E-state index in [0.29, 0.717) is 10.4 Å². The Labute approximate surface area is 196 Å². The maximum atomic E-state index is 13.5. The van der Waals surface area contributed by atoms with Gasteiger partial charge in [-0.05, 0) is 43.2 Å². The molecule has 0 aliphatic heterocycles. The van der Waals surface area contributed by atoms with E-state index in [1.54, 1.807) is 18.4 Å². The average Bonchev–Trinajstić information content (AvgIpc) is 3.21. The number of rotatable bonds is 6. The number of benzene rings is 3. The molecule has 1 unspecified atom stereocenters. The van der Waals surface area contributed by atoms with Gasteiger partial charge in [-0.1, -0.05) is 84.1 Å². The van der Waals surface area contributed by atoms with Gasteiger partial charge in [0.15, 0.2) is 4.80 Å². The van der Waals surface area contributed by atoms with E-state index in [1.165, 1.54) is 11.3 Å². The first-order chi connectivity index (χ1) is 16.1. The van der Waals surface area contributed by atoms with Gasteiger partial charge in [0.2, 0.25) is 0 Å². The molecule has 0 bridgehead atoms. The van der Waals surface area contributed by atoms with Gasteiger partial charge in [0.1, 0.15) is 6.04 Å². The van der Waals surface area contributed by atoms with Crippen molar-refractivity contribution in [3.05, 3.63) is 101 Å². The molecule has 0 aliphatic rings. The van der Waals surface area contributed by atoms with Crippen molar-refractivity contribution in [2.45, 2.75) is 19.9 Å². The van der Waals surface area contributed by atoms with Crippen molar-refractivity contribution < 1.29 is 14.3 Å². The molecule has 1 amide bonds. The SMILES string of the molecule is CCOC(=O)C(C)n1c(=NC(=O)C(=Cc2ccccc2)c2ccccc2)sc2ccccc21. The number of ether oxygens (including phenoxy) is 1. The van der Waals surface area contributed by atoms with Crippen molar-refractivity contribution in [1.29, 1.82) is 0 Å². The number of carbonyl (C=O) groups is 2. The minimum atomic E-state index is -0.620. The summed E-state index contributed by atoms with van der Waals surface area (Å²) in [7, 11) is 0. The van der Waals surface area contributed by atoms with Crippen LogP contribution >= 0.6 is 11.3 Å². The van der Waals surface area contributed by atoms with Gasteiger partial charge in [0.05, 0.1) is 16.8 Å². The second-order valence-corrected chi connectivity index (χ2v) is 8.41. The third-order valence-corrected chi connectivity index (χ3v) is 6.21. The Morgan fingerprint density at radius 1 is 0.970 bits per heavy atom. The Bertz CT molecular complexity index is 1370. The predicted molar refractivity (Wildman–Crippen MR) is 132 cm³/mol. The average molecular weight is 457 g/mol. The predicted octanol–water partition coefficient (Wildman–Crippen LogP) is 5.50. The van der Waals surface area contributed by atoms with Crippen molar-refractivity contribution in [3.63, 3.8) is 0 Å². The summed E-state index contributed by atoms with van der Waals surface area (Å²) in [6, 6.07) is 26.2. The van der Waals surface area contributed by atoms with Gasteiger partial charge >= 0.3 is 5.97 Å². The largest absolute Gasteiger partial charge is 0.464 e. The molecule has 5 nitrogen and oxygen atoms in total. The molecule has 1 atom stereocenters. The van der Waals surface area contributed by atoms with E-state index in [0.717, 1.165) is 21.3 Å². The molecule has 1 aromatic heterocycles. The fourth-order valence-electron chi connectivity index (χ4n) is 3.56. The molecule has 6 heteroatoms. The van der Waals surface area contributed by atoms with Crippen molar-refractivity contribution in [2.24, 2.45) is 4.99 Å². The summed E-state index contributed by atoms with van der Waals surface area (Å²) in [4.78, 5) is 31.0. The van der Waals surface area contributed by atoms with Crippen molar-refractivity contribution in [3.8, 4) is 0 Å². The van der Waals surface area contributed by atoms with Crippen LogP contribution in [0.15, 0.2) is 89.9 Å². The molecule has 0 saturated carbocycles. The second-order valence-electron chi connectivity index (χ2n) is 7.40. The van der Waals surface area contributed by atoms with Crippen molar-refractivity contribution in [2.75, 3.05) is 6.61 Å². The maximum Gasteiger partial charge on any atom is 0.328 e. The molecule has 0 saturated heterocycles. The molecular formula is C27H24N2O3S. The van der Waals surface area contributed by atoms with Crippen LogP contribution in [-0.4, -0.2) is 23.1 Å². The lowest BCUT2D eigenvalue weighted by Gasteiger charge is -2.13. The van der Waals surface area contributed by atoms with Crippen molar-refractivity contribution >= 4 is 45.1 Å². The van der Waals surface area contributed by atoms with E-state index < -0.39 is 6.04 Å². The summed E-state index contributed by atoms with van der Waals surface area (Å²) in [5, 5.41) is 0. The van der Waals surface area contributed by atoms with E-state index in [9.17, 15) is 9.59 Å². The van der Waals surface area contributed by atoms with Crippen LogP contribution in [0.5, 0.6) is 0 Å². The lowest BCUT2D eigenvalue weighted by atomic mass is 10.0. The quantitative estimate of drug-likeness (QED) is 0.219. The number of thiazole rings is 1. The van der Waals surface area contributed by atoms with Gasteiger partial charge in [-0.25, -0.2) is 4.79 Å². The van der Waals surface area contributed by atoms with Gasteiger partial charge in [-0.3, -0.25) is 4.79 Å². The number of esters is 1. The minimum absolute atomic E-state index is 0.287. The monoisotopic (exact) mass is 456 g/mol. The third-order valence-electron chi connectivity index (χ3n) is 5.17. The normalized spacial score (nSPS) is 13.2. The Morgan fingerprint density at radius 2 is 1.61 bits per heavy atom. The highest BCUT2D eigenvalue weighted by molar-refractivity contribution is 7.16. The first kappa shape index (κ1) is 22.4. The number of fused-ring (bicyclic) bond motifs is 1. The lowest BCUT2D eigenvalue weighted by molar-refractivity contribution is -0.146. The molecule has 0 aliphatic carbocycles. The highest BCUT2D eigenvalue weighted by Crippen LogP contribution is 2.23. The number of carbonyl (C=O) groups excluding carboxylic acids is 2. The topological polar surface area (TPSA) is 60.7 Å². The molecule has 4 rings (SSSR count). The van der Waals surface area contributed by atoms with Crippen LogP contribution in [-0.2, 0) is 14.3 Å². The molecule has 0 fully saturated rings. The Balaban J connectivity index is 1.87. The van der Waals surface area contributed by atoms with E-state index in [-0.39, 0.29) is 18.5 Å². The molecule has 3 aromatic carbocycles. The van der Waals surface area contributed by atoms with Gasteiger partial charge in [-0.2, -0.15) is 4.99 Å². The fourth-order valence-corrected chi connectivity index (χ4v) is 4.66. The summed E-state index contributed by atoms with van der Waals surface area (Å²) >= 11 is 1.38. The molecule has 0 radical (unpaired) electrons. The molecular weight excluding hydrogens is 432 g/mol. The van der Waals surface area contributed by atoms with Gasteiger partial charge < -0.3 is 9.30 Å². The van der Waals surface area contributed by atoms with Crippen LogP contribution < -0.4 is 4.80 Å². The fraction of sp³-hybridized carbons (Fsp3) is 0.148. The Hall–Kier alpha value is -3.77. The standard InChI is InChI=1S/C27H24N2O3S/c1-3-32-26(31)19(2)29-23-16-10-11-17-24(23)33-27(29)28-25(30)22(21-14-8-5-9-15-21)18-20-12-6-4-7-13-20/h4-19H,3H2,1-2H3.